The van der Waals surface area contributed by atoms with E-state index in [4.69, 9.17) is 9.47 Å². The van der Waals surface area contributed by atoms with Crippen molar-refractivity contribution in [3.05, 3.63) is 59.0 Å². The van der Waals surface area contributed by atoms with Gasteiger partial charge in [-0.1, -0.05) is 25.1 Å². The van der Waals surface area contributed by atoms with Crippen molar-refractivity contribution in [3.63, 3.8) is 0 Å². The van der Waals surface area contributed by atoms with Crippen LogP contribution in [0, 0.1) is 11.3 Å². The van der Waals surface area contributed by atoms with Gasteiger partial charge >= 0.3 is 0 Å². The van der Waals surface area contributed by atoms with Crippen LogP contribution in [0.3, 0.4) is 0 Å². The van der Waals surface area contributed by atoms with Gasteiger partial charge in [0.05, 0.1) is 6.61 Å². The maximum atomic E-state index is 12.9. The predicted octanol–water partition coefficient (Wildman–Crippen LogP) is 6.64. The number of hydrogen-bond acceptors (Lipinski definition) is 6. The van der Waals surface area contributed by atoms with E-state index in [9.17, 15) is 10.1 Å². The van der Waals surface area contributed by atoms with Crippen molar-refractivity contribution in [1.82, 2.24) is 5.32 Å². The van der Waals surface area contributed by atoms with Gasteiger partial charge in [-0.05, 0) is 85.9 Å². The summed E-state index contributed by atoms with van der Waals surface area (Å²) in [5, 5.41) is 18.5. The summed E-state index contributed by atoms with van der Waals surface area (Å²) in [5.41, 5.74) is 2.52. The molecule has 0 saturated carbocycles. The molecule has 0 saturated heterocycles. The largest absolute Gasteiger partial charge is 0.385 e. The molecule has 0 bridgehead atoms. The van der Waals surface area contributed by atoms with Crippen molar-refractivity contribution in [2.24, 2.45) is 0 Å². The van der Waals surface area contributed by atoms with Crippen LogP contribution in [-0.4, -0.2) is 44.9 Å². The molecule has 1 amide bonds. The van der Waals surface area contributed by atoms with E-state index in [-0.39, 0.29) is 11.5 Å². The third kappa shape index (κ3) is 7.90. The first kappa shape index (κ1) is 28.4. The second-order valence-electron chi connectivity index (χ2n) is 9.67. The summed E-state index contributed by atoms with van der Waals surface area (Å²) in [6, 6.07) is 18.9. The van der Waals surface area contributed by atoms with E-state index in [1.54, 1.807) is 18.4 Å². The van der Waals surface area contributed by atoms with Gasteiger partial charge in [0, 0.05) is 47.8 Å². The van der Waals surface area contributed by atoms with Crippen molar-refractivity contribution in [3.8, 4) is 16.5 Å². The molecule has 196 valence electrons. The average Bonchev–Trinajstić information content (AvgIpc) is 3.37. The van der Waals surface area contributed by atoms with E-state index >= 15 is 0 Å². The molecule has 3 rings (SSSR count). The summed E-state index contributed by atoms with van der Waals surface area (Å²) < 4.78 is 10.7. The minimum absolute atomic E-state index is 0.137. The molecule has 0 unspecified atom stereocenters. The second-order valence-corrected chi connectivity index (χ2v) is 10.8. The van der Waals surface area contributed by atoms with Crippen LogP contribution in [0.25, 0.3) is 26.8 Å². The summed E-state index contributed by atoms with van der Waals surface area (Å²) >= 11 is 1.58. The molecule has 0 aliphatic carbocycles. The molecule has 1 heterocycles. The fourth-order valence-corrected chi connectivity index (χ4v) is 4.94. The molecule has 1 aromatic heterocycles. The Morgan fingerprint density at radius 2 is 1.81 bits per heavy atom. The van der Waals surface area contributed by atoms with Gasteiger partial charge in [-0.3, -0.25) is 4.79 Å². The Balaban J connectivity index is 1.75. The number of nitrogens with zero attached hydrogens (tertiary/aromatic N) is 1. The highest BCUT2D eigenvalue weighted by Gasteiger charge is 2.24. The number of fused-ring (bicyclic) bond motifs is 1. The number of carbonyl (C=O) groups is 1. The molecule has 37 heavy (non-hydrogen) atoms. The molecule has 0 spiro atoms. The highest BCUT2D eigenvalue weighted by atomic mass is 32.1. The first-order valence-corrected chi connectivity index (χ1v) is 13.5. The summed E-state index contributed by atoms with van der Waals surface area (Å²) in [4.78, 5) is 14.9. The molecule has 0 fully saturated rings. The first-order valence-electron chi connectivity index (χ1n) is 12.7. The molecular weight excluding hydrogens is 482 g/mol. The smallest absolute Gasteiger partial charge is 0.262 e. The number of allylic oxidation sites excluding steroid dienone is 1. The Hall–Kier alpha value is -3.18. The first-order chi connectivity index (χ1) is 17.8. The molecule has 6 nitrogen and oxygen atoms in total. The number of nitriles is 1. The molecule has 0 radical (unpaired) electrons. The standard InChI is InChI=1S/C30H37N3O3S/c1-6-15-36-17-14-32-25-10-9-22-18-24(8-7-23(22)19-25)28-12-11-27(37-28)21(2)26(20-31)29(34)33-30(3,4)13-16-35-5/h7-12,18-19,32H,6,13-17H2,1-5H3,(H,33,34)/b26-21+. The molecule has 0 aliphatic rings. The number of anilines is 1. The third-order valence-electron chi connectivity index (χ3n) is 6.12. The number of benzene rings is 2. The van der Waals surface area contributed by atoms with Crippen LogP contribution in [0.4, 0.5) is 5.69 Å². The van der Waals surface area contributed by atoms with E-state index in [2.05, 4.69) is 60.0 Å². The monoisotopic (exact) mass is 519 g/mol. The lowest BCUT2D eigenvalue weighted by atomic mass is 9.99. The predicted molar refractivity (Wildman–Crippen MR) is 154 cm³/mol. The van der Waals surface area contributed by atoms with Crippen molar-refractivity contribution in [1.29, 1.82) is 5.26 Å². The van der Waals surface area contributed by atoms with Crippen LogP contribution in [0.15, 0.2) is 54.1 Å². The number of nitrogens with one attached hydrogen (secondary N) is 2. The van der Waals surface area contributed by atoms with Crippen LogP contribution in [0.1, 0.15) is 45.4 Å². The van der Waals surface area contributed by atoms with Crippen LogP contribution in [0.2, 0.25) is 0 Å². The minimum Gasteiger partial charge on any atom is -0.385 e. The number of hydrogen-bond donors (Lipinski definition) is 2. The van der Waals surface area contributed by atoms with Crippen LogP contribution in [-0.2, 0) is 14.3 Å². The van der Waals surface area contributed by atoms with Gasteiger partial charge in [0.1, 0.15) is 11.6 Å². The number of ether oxygens (including phenoxy) is 2. The Morgan fingerprint density at radius 1 is 1.05 bits per heavy atom. The van der Waals surface area contributed by atoms with Gasteiger partial charge in [0.25, 0.3) is 5.91 Å². The van der Waals surface area contributed by atoms with Gasteiger partial charge in [-0.2, -0.15) is 5.26 Å². The Labute approximate surface area is 224 Å². The van der Waals surface area contributed by atoms with Gasteiger partial charge in [-0.25, -0.2) is 0 Å². The van der Waals surface area contributed by atoms with Crippen molar-refractivity contribution in [2.45, 2.75) is 46.1 Å². The van der Waals surface area contributed by atoms with E-state index in [1.165, 1.54) is 0 Å². The maximum absolute atomic E-state index is 12.9. The number of rotatable bonds is 13. The zero-order valence-corrected chi connectivity index (χ0v) is 23.3. The van der Waals surface area contributed by atoms with Gasteiger partial charge in [-0.15, -0.1) is 11.3 Å². The van der Waals surface area contributed by atoms with Crippen LogP contribution < -0.4 is 10.6 Å². The lowest BCUT2D eigenvalue weighted by Crippen LogP contribution is -2.44. The summed E-state index contributed by atoms with van der Waals surface area (Å²) in [7, 11) is 1.63. The van der Waals surface area contributed by atoms with Gasteiger partial charge < -0.3 is 20.1 Å². The number of carbonyl (C=O) groups excluding carboxylic acids is 1. The molecule has 3 aromatic rings. The summed E-state index contributed by atoms with van der Waals surface area (Å²) in [5.74, 6) is -0.358. The van der Waals surface area contributed by atoms with Gasteiger partial charge in [0.15, 0.2) is 0 Å². The zero-order chi connectivity index (χ0) is 26.8. The molecule has 2 aromatic carbocycles. The fraction of sp³-hybridized carbons (Fsp3) is 0.400. The van der Waals surface area contributed by atoms with Crippen molar-refractivity contribution >= 4 is 39.3 Å². The number of thiophene rings is 1. The molecular formula is C30H37N3O3S. The maximum Gasteiger partial charge on any atom is 0.262 e. The average molecular weight is 520 g/mol. The highest BCUT2D eigenvalue weighted by Crippen LogP contribution is 2.35. The van der Waals surface area contributed by atoms with E-state index in [0.29, 0.717) is 25.2 Å². The topological polar surface area (TPSA) is 83.4 Å². The summed E-state index contributed by atoms with van der Waals surface area (Å²) in [6.45, 7) is 10.6. The van der Waals surface area contributed by atoms with Crippen molar-refractivity contribution in [2.75, 3.05) is 38.8 Å². The normalized spacial score (nSPS) is 12.2. The lowest BCUT2D eigenvalue weighted by molar-refractivity contribution is -0.118. The zero-order valence-electron chi connectivity index (χ0n) is 22.4. The minimum atomic E-state index is -0.473. The highest BCUT2D eigenvalue weighted by molar-refractivity contribution is 7.16. The van der Waals surface area contributed by atoms with Crippen LogP contribution >= 0.6 is 11.3 Å². The number of amides is 1. The molecule has 2 N–H and O–H groups in total. The summed E-state index contributed by atoms with van der Waals surface area (Å²) in [6.07, 6.45) is 1.69. The Kier molecular flexibility index (Phi) is 10.3. The van der Waals surface area contributed by atoms with E-state index in [1.807, 2.05) is 32.9 Å². The Bertz CT molecular complexity index is 1290. The Morgan fingerprint density at radius 3 is 2.54 bits per heavy atom. The number of methoxy groups -OCH3 is 1. The molecule has 0 aliphatic heterocycles. The SMILES string of the molecule is CCCOCCNc1ccc2cc(-c3ccc(/C(C)=C(\C#N)C(=O)NC(C)(C)CCOC)s3)ccc2c1. The van der Waals surface area contributed by atoms with Crippen molar-refractivity contribution < 1.29 is 14.3 Å². The second kappa shape index (κ2) is 13.4. The van der Waals surface area contributed by atoms with E-state index < -0.39 is 5.54 Å². The fourth-order valence-electron chi connectivity index (χ4n) is 3.94. The third-order valence-corrected chi connectivity index (χ3v) is 7.38. The van der Waals surface area contributed by atoms with Crippen LogP contribution in [0.5, 0.6) is 0 Å². The lowest BCUT2D eigenvalue weighted by Gasteiger charge is -2.26. The molecule has 7 heteroatoms. The van der Waals surface area contributed by atoms with E-state index in [0.717, 1.165) is 51.4 Å². The quantitative estimate of drug-likeness (QED) is 0.150. The molecule has 0 atom stereocenters. The van der Waals surface area contributed by atoms with Gasteiger partial charge in [0.2, 0.25) is 0 Å².